The highest BCUT2D eigenvalue weighted by atomic mass is 16.7. The Morgan fingerprint density at radius 3 is 2.00 bits per heavy atom. The van der Waals surface area contributed by atoms with Crippen LogP contribution in [0.3, 0.4) is 0 Å². The lowest BCUT2D eigenvalue weighted by molar-refractivity contribution is -0.462. The third-order valence-electron chi connectivity index (χ3n) is 5.50. The summed E-state index contributed by atoms with van der Waals surface area (Å²) < 4.78 is 12.3. The molecule has 0 N–H and O–H groups in total. The topological polar surface area (TPSA) is 44.5 Å². The van der Waals surface area contributed by atoms with Crippen molar-refractivity contribution in [1.82, 2.24) is 0 Å². The van der Waals surface area contributed by atoms with Gasteiger partial charge in [0.15, 0.2) is 19.6 Å². The fraction of sp³-hybridized carbons (Fsp3) is 0.708. The Labute approximate surface area is 171 Å². The molecule has 0 aromatic heterocycles. The largest absolute Gasteiger partial charge is 0.624 e. The minimum absolute atomic E-state index is 0.107. The average molecular weight is 390 g/mol. The van der Waals surface area contributed by atoms with Crippen LogP contribution in [-0.2, 0) is 15.6 Å². The van der Waals surface area contributed by atoms with Gasteiger partial charge in [-0.1, -0.05) is 60.8 Å². The van der Waals surface area contributed by atoms with E-state index in [1.807, 2.05) is 0 Å². The molecule has 0 saturated heterocycles. The highest BCUT2D eigenvalue weighted by Gasteiger charge is 2.28. The van der Waals surface area contributed by atoms with E-state index in [4.69, 9.17) is 9.47 Å². The van der Waals surface area contributed by atoms with E-state index in [-0.39, 0.29) is 17.6 Å². The van der Waals surface area contributed by atoms with Crippen LogP contribution in [0.4, 0.5) is 0 Å². The van der Waals surface area contributed by atoms with Crippen molar-refractivity contribution in [3.8, 4) is 5.75 Å². The Balaban J connectivity index is 2.45. The molecule has 0 spiro atoms. The maximum Gasteiger partial charge on any atom is 0.188 e. The van der Waals surface area contributed by atoms with Crippen LogP contribution in [0, 0.1) is 11.1 Å². The van der Waals surface area contributed by atoms with Gasteiger partial charge in [-0.2, -0.15) is 0 Å². The van der Waals surface area contributed by atoms with E-state index >= 15 is 0 Å². The molecule has 2 rings (SSSR count). The number of nitrogens with zero attached hydrogens (tertiary/aromatic N) is 1. The number of rotatable bonds is 6. The fourth-order valence-corrected chi connectivity index (χ4v) is 3.96. The smallest absolute Gasteiger partial charge is 0.188 e. The zero-order valence-electron chi connectivity index (χ0n) is 18.9. The van der Waals surface area contributed by atoms with E-state index in [1.165, 1.54) is 32.1 Å². The van der Waals surface area contributed by atoms with Gasteiger partial charge in [0.05, 0.1) is 0 Å². The van der Waals surface area contributed by atoms with Gasteiger partial charge in [-0.3, -0.25) is 0 Å². The molecule has 0 bridgehead atoms. The van der Waals surface area contributed by atoms with Crippen LogP contribution >= 0.6 is 0 Å². The van der Waals surface area contributed by atoms with Crippen LogP contribution in [0.1, 0.15) is 90.3 Å². The van der Waals surface area contributed by atoms with Crippen molar-refractivity contribution in [2.75, 3.05) is 20.4 Å². The van der Waals surface area contributed by atoms with Crippen molar-refractivity contribution >= 4 is 6.21 Å². The number of benzene rings is 1. The minimum atomic E-state index is -0.107. The summed E-state index contributed by atoms with van der Waals surface area (Å²) in [5, 5.41) is 12.7. The Morgan fingerprint density at radius 1 is 1.00 bits per heavy atom. The van der Waals surface area contributed by atoms with E-state index in [1.54, 1.807) is 13.3 Å². The molecule has 1 aromatic rings. The quantitative estimate of drug-likeness (QED) is 0.204. The molecule has 0 atom stereocenters. The number of ether oxygens (including phenoxy) is 2. The van der Waals surface area contributed by atoms with Crippen molar-refractivity contribution in [2.24, 2.45) is 5.92 Å². The number of hydroxylamine groups is 1. The molecule has 0 heterocycles. The molecule has 1 aliphatic rings. The molecule has 28 heavy (non-hydrogen) atoms. The summed E-state index contributed by atoms with van der Waals surface area (Å²) in [5.74, 6) is 1.40. The molecule has 1 aliphatic carbocycles. The molecule has 0 amide bonds. The van der Waals surface area contributed by atoms with Crippen LogP contribution in [0.5, 0.6) is 5.75 Å². The van der Waals surface area contributed by atoms with E-state index in [9.17, 15) is 5.21 Å². The molecular weight excluding hydrogens is 350 g/mol. The van der Waals surface area contributed by atoms with Gasteiger partial charge < -0.3 is 14.7 Å². The fourth-order valence-electron chi connectivity index (χ4n) is 3.96. The first kappa shape index (κ1) is 22.7. The van der Waals surface area contributed by atoms with Gasteiger partial charge >= 0.3 is 0 Å². The van der Waals surface area contributed by atoms with Crippen molar-refractivity contribution in [1.29, 1.82) is 0 Å². The maximum atomic E-state index is 12.7. The minimum Gasteiger partial charge on any atom is -0.624 e. The first-order chi connectivity index (χ1) is 13.0. The average Bonchev–Trinajstić information content (AvgIpc) is 2.59. The standard InChI is InChI=1S/C24H39NO3/c1-23(2,3)20-13-19(16-25(26)15-18-11-9-8-10-12-18)14-21(24(4,5)6)22(20)28-17-27-7/h13-14,16,18H,8-12,15,17H2,1-7H3. The molecule has 4 heteroatoms. The molecule has 4 nitrogen and oxygen atoms in total. The first-order valence-corrected chi connectivity index (χ1v) is 10.6. The third kappa shape index (κ3) is 6.23. The highest BCUT2D eigenvalue weighted by Crippen LogP contribution is 2.40. The summed E-state index contributed by atoms with van der Waals surface area (Å²) in [6.07, 6.45) is 7.94. The zero-order valence-corrected chi connectivity index (χ0v) is 18.9. The maximum absolute atomic E-state index is 12.7. The van der Waals surface area contributed by atoms with Gasteiger partial charge in [-0.25, -0.2) is 4.74 Å². The second kappa shape index (κ2) is 9.30. The summed E-state index contributed by atoms with van der Waals surface area (Å²) >= 11 is 0. The van der Waals surface area contributed by atoms with Crippen molar-refractivity contribution in [3.05, 3.63) is 34.0 Å². The summed E-state index contributed by atoms with van der Waals surface area (Å²) in [7, 11) is 1.64. The van der Waals surface area contributed by atoms with E-state index in [0.717, 1.165) is 27.2 Å². The van der Waals surface area contributed by atoms with Crippen molar-refractivity contribution in [2.45, 2.75) is 84.5 Å². The molecule has 0 unspecified atom stereocenters. The van der Waals surface area contributed by atoms with E-state index < -0.39 is 0 Å². The molecule has 1 aromatic carbocycles. The lowest BCUT2D eigenvalue weighted by Gasteiger charge is -2.30. The van der Waals surface area contributed by atoms with Crippen LogP contribution < -0.4 is 4.74 Å². The van der Waals surface area contributed by atoms with Gasteiger partial charge in [-0.05, 0) is 35.8 Å². The van der Waals surface area contributed by atoms with Gasteiger partial charge in [0.1, 0.15) is 5.75 Å². The molecule has 158 valence electrons. The highest BCUT2D eigenvalue weighted by molar-refractivity contribution is 5.78. The van der Waals surface area contributed by atoms with Crippen LogP contribution in [-0.4, -0.2) is 31.4 Å². The second-order valence-corrected chi connectivity index (χ2v) is 10.2. The Morgan fingerprint density at radius 2 is 1.54 bits per heavy atom. The van der Waals surface area contributed by atoms with Crippen LogP contribution in [0.2, 0.25) is 0 Å². The number of hydrogen-bond acceptors (Lipinski definition) is 3. The third-order valence-corrected chi connectivity index (χ3v) is 5.50. The lowest BCUT2D eigenvalue weighted by Crippen LogP contribution is -2.22. The zero-order chi connectivity index (χ0) is 20.9. The Kier molecular flexibility index (Phi) is 7.55. The van der Waals surface area contributed by atoms with Gasteiger partial charge in [0.2, 0.25) is 0 Å². The van der Waals surface area contributed by atoms with Gasteiger partial charge in [0, 0.05) is 29.7 Å². The first-order valence-electron chi connectivity index (χ1n) is 10.6. The van der Waals surface area contributed by atoms with Gasteiger partial charge in [-0.15, -0.1) is 0 Å². The predicted molar refractivity (Wildman–Crippen MR) is 117 cm³/mol. The van der Waals surface area contributed by atoms with Crippen LogP contribution in [0.25, 0.3) is 0 Å². The molecule has 0 aliphatic heterocycles. The van der Waals surface area contributed by atoms with Crippen molar-refractivity contribution < 1.29 is 14.2 Å². The molecule has 0 radical (unpaired) electrons. The summed E-state index contributed by atoms with van der Waals surface area (Å²) in [5.41, 5.74) is 2.95. The summed E-state index contributed by atoms with van der Waals surface area (Å²) in [6, 6.07) is 4.21. The second-order valence-electron chi connectivity index (χ2n) is 10.2. The Bertz CT molecular complexity index is 639. The van der Waals surface area contributed by atoms with Crippen molar-refractivity contribution in [3.63, 3.8) is 0 Å². The molecule has 1 fully saturated rings. The molecular formula is C24H39NO3. The van der Waals surface area contributed by atoms with E-state index in [0.29, 0.717) is 12.5 Å². The van der Waals surface area contributed by atoms with Crippen LogP contribution in [0.15, 0.2) is 12.1 Å². The Hall–Kier alpha value is -1.55. The monoisotopic (exact) mass is 389 g/mol. The predicted octanol–water partition coefficient (Wildman–Crippen LogP) is 5.77. The normalized spacial score (nSPS) is 17.0. The summed E-state index contributed by atoms with van der Waals surface area (Å²) in [4.78, 5) is 0. The summed E-state index contributed by atoms with van der Waals surface area (Å²) in [6.45, 7) is 13.9. The SMILES string of the molecule is COCOc1c(C(C)(C)C)cc(C=[N+]([O-])CC2CCCCC2)cc1C(C)(C)C. The van der Waals surface area contributed by atoms with E-state index in [2.05, 4.69) is 53.7 Å². The lowest BCUT2D eigenvalue weighted by atomic mass is 9.78. The number of methoxy groups -OCH3 is 1. The van der Waals surface area contributed by atoms with Gasteiger partial charge in [0.25, 0.3) is 0 Å². The number of hydrogen-bond donors (Lipinski definition) is 0. The molecule has 1 saturated carbocycles.